The quantitative estimate of drug-likeness (QED) is 0.596. The molecule has 0 fully saturated rings. The number of esters is 1. The van der Waals surface area contributed by atoms with Crippen molar-refractivity contribution in [3.63, 3.8) is 0 Å². The van der Waals surface area contributed by atoms with Gasteiger partial charge in [0, 0.05) is 5.69 Å². The summed E-state index contributed by atoms with van der Waals surface area (Å²) < 4.78 is 6.55. The van der Waals surface area contributed by atoms with E-state index >= 15 is 0 Å². The molecule has 1 atom stereocenters. The average molecular weight is 290 g/mol. The third kappa shape index (κ3) is 3.94. The number of nitrogens with zero attached hydrogens (tertiary/aromatic N) is 2. The molecule has 5 nitrogen and oxygen atoms in total. The Morgan fingerprint density at radius 2 is 2.05 bits per heavy atom. The maximum Gasteiger partial charge on any atom is 0.328 e. The topological polar surface area (TPSA) is 72.1 Å². The maximum absolute atomic E-state index is 12.3. The molecule has 0 aliphatic heterocycles. The van der Waals surface area contributed by atoms with Crippen LogP contribution in [0.4, 0.5) is 0 Å². The normalized spacial score (nSPS) is 12.0. The summed E-state index contributed by atoms with van der Waals surface area (Å²) in [6.45, 7) is 7.86. The molecule has 5 heteroatoms. The molecule has 1 heterocycles. The fraction of sp³-hybridized carbons (Fsp3) is 0.562. The number of rotatable bonds is 6. The number of hydrogen-bond donors (Lipinski definition) is 0. The number of hydrogen-bond acceptors (Lipinski definition) is 4. The van der Waals surface area contributed by atoms with E-state index < -0.39 is 17.6 Å². The molecular weight excluding hydrogens is 268 g/mol. The summed E-state index contributed by atoms with van der Waals surface area (Å²) in [4.78, 5) is 24.4. The predicted molar refractivity (Wildman–Crippen MR) is 80.1 cm³/mol. The van der Waals surface area contributed by atoms with Crippen LogP contribution in [0.15, 0.2) is 16.9 Å². The van der Waals surface area contributed by atoms with Crippen LogP contribution < -0.4 is 5.56 Å². The number of nitriles is 1. The van der Waals surface area contributed by atoms with Crippen LogP contribution in [0.5, 0.6) is 0 Å². The second-order valence-electron chi connectivity index (χ2n) is 5.31. The SMILES string of the molecule is CCCCOC(=O)C(C)n1c(C(C)C)ccc(C#N)c1=O. The van der Waals surface area contributed by atoms with Crippen molar-refractivity contribution < 1.29 is 9.53 Å². The van der Waals surface area contributed by atoms with Gasteiger partial charge in [-0.3, -0.25) is 9.36 Å². The van der Waals surface area contributed by atoms with E-state index in [0.717, 1.165) is 18.5 Å². The monoisotopic (exact) mass is 290 g/mol. The highest BCUT2D eigenvalue weighted by Gasteiger charge is 2.22. The van der Waals surface area contributed by atoms with Crippen molar-refractivity contribution in [2.75, 3.05) is 6.61 Å². The molecule has 0 aliphatic carbocycles. The first-order valence-electron chi connectivity index (χ1n) is 7.26. The van der Waals surface area contributed by atoms with Gasteiger partial charge in [0.2, 0.25) is 0 Å². The van der Waals surface area contributed by atoms with E-state index in [0.29, 0.717) is 6.61 Å². The van der Waals surface area contributed by atoms with E-state index in [2.05, 4.69) is 0 Å². The van der Waals surface area contributed by atoms with Gasteiger partial charge in [-0.2, -0.15) is 5.26 Å². The van der Waals surface area contributed by atoms with Crippen molar-refractivity contribution in [1.29, 1.82) is 5.26 Å². The van der Waals surface area contributed by atoms with Gasteiger partial charge in [-0.1, -0.05) is 27.2 Å². The molecule has 114 valence electrons. The van der Waals surface area contributed by atoms with Gasteiger partial charge < -0.3 is 4.74 Å². The van der Waals surface area contributed by atoms with E-state index in [1.54, 1.807) is 13.0 Å². The number of ether oxygens (including phenoxy) is 1. The number of carbonyl (C=O) groups excluding carboxylic acids is 1. The zero-order valence-electron chi connectivity index (χ0n) is 13.0. The third-order valence-electron chi connectivity index (χ3n) is 3.33. The Morgan fingerprint density at radius 3 is 2.57 bits per heavy atom. The van der Waals surface area contributed by atoms with Gasteiger partial charge in [-0.05, 0) is 31.4 Å². The Balaban J connectivity index is 3.18. The van der Waals surface area contributed by atoms with E-state index in [9.17, 15) is 9.59 Å². The second kappa shape index (κ2) is 7.63. The number of unbranched alkanes of at least 4 members (excludes halogenated alkanes) is 1. The van der Waals surface area contributed by atoms with Crippen molar-refractivity contribution in [3.05, 3.63) is 33.7 Å². The minimum atomic E-state index is -0.736. The van der Waals surface area contributed by atoms with Crippen molar-refractivity contribution in [3.8, 4) is 6.07 Å². The number of aromatic nitrogens is 1. The first-order chi connectivity index (χ1) is 9.93. The van der Waals surface area contributed by atoms with Crippen LogP contribution in [0.2, 0.25) is 0 Å². The molecule has 21 heavy (non-hydrogen) atoms. The summed E-state index contributed by atoms with van der Waals surface area (Å²) in [5.41, 5.74) is 0.315. The minimum absolute atomic E-state index is 0.0348. The molecule has 0 bridgehead atoms. The van der Waals surface area contributed by atoms with Crippen molar-refractivity contribution in [2.45, 2.75) is 52.5 Å². The van der Waals surface area contributed by atoms with Gasteiger partial charge in [0.25, 0.3) is 5.56 Å². The van der Waals surface area contributed by atoms with E-state index in [1.807, 2.05) is 26.8 Å². The van der Waals surface area contributed by atoms with E-state index in [1.165, 1.54) is 10.6 Å². The molecule has 1 aromatic rings. The second-order valence-corrected chi connectivity index (χ2v) is 5.31. The summed E-state index contributed by atoms with van der Waals surface area (Å²) >= 11 is 0. The lowest BCUT2D eigenvalue weighted by molar-refractivity contribution is -0.147. The summed E-state index contributed by atoms with van der Waals surface area (Å²) in [5.74, 6) is -0.376. The molecule has 1 rings (SSSR count). The molecule has 0 aromatic carbocycles. The minimum Gasteiger partial charge on any atom is -0.464 e. The van der Waals surface area contributed by atoms with Gasteiger partial charge in [0.1, 0.15) is 17.7 Å². The average Bonchev–Trinajstić information content (AvgIpc) is 2.46. The maximum atomic E-state index is 12.3. The zero-order chi connectivity index (χ0) is 16.0. The molecule has 0 saturated carbocycles. The van der Waals surface area contributed by atoms with Crippen LogP contribution in [0, 0.1) is 11.3 Å². The summed E-state index contributed by atoms with van der Waals surface area (Å²) in [6, 6.07) is 4.35. The third-order valence-corrected chi connectivity index (χ3v) is 3.33. The number of carbonyl (C=O) groups is 1. The van der Waals surface area contributed by atoms with Crippen LogP contribution in [0.25, 0.3) is 0 Å². The lowest BCUT2D eigenvalue weighted by Gasteiger charge is -2.21. The van der Waals surface area contributed by atoms with Crippen LogP contribution >= 0.6 is 0 Å². The fourth-order valence-electron chi connectivity index (χ4n) is 2.07. The fourth-order valence-corrected chi connectivity index (χ4v) is 2.07. The Morgan fingerprint density at radius 1 is 1.38 bits per heavy atom. The van der Waals surface area contributed by atoms with Crippen molar-refractivity contribution >= 4 is 5.97 Å². The lowest BCUT2D eigenvalue weighted by atomic mass is 10.1. The molecular formula is C16H22N2O3. The summed E-state index contributed by atoms with van der Waals surface area (Å²) in [5, 5.41) is 8.99. The highest BCUT2D eigenvalue weighted by molar-refractivity contribution is 5.74. The van der Waals surface area contributed by atoms with E-state index in [-0.39, 0.29) is 11.5 Å². The largest absolute Gasteiger partial charge is 0.464 e. The van der Waals surface area contributed by atoms with Gasteiger partial charge in [0.15, 0.2) is 0 Å². The molecule has 1 unspecified atom stereocenters. The highest BCUT2D eigenvalue weighted by atomic mass is 16.5. The molecule has 1 aromatic heterocycles. The van der Waals surface area contributed by atoms with Gasteiger partial charge in [-0.15, -0.1) is 0 Å². The smallest absolute Gasteiger partial charge is 0.328 e. The Bertz CT molecular complexity index is 597. The van der Waals surface area contributed by atoms with Crippen molar-refractivity contribution in [1.82, 2.24) is 4.57 Å². The Kier molecular flexibility index (Phi) is 6.16. The van der Waals surface area contributed by atoms with Crippen molar-refractivity contribution in [2.24, 2.45) is 0 Å². The lowest BCUT2D eigenvalue weighted by Crippen LogP contribution is -2.33. The van der Waals surface area contributed by atoms with Crippen LogP contribution in [0.3, 0.4) is 0 Å². The van der Waals surface area contributed by atoms with E-state index in [4.69, 9.17) is 10.00 Å². The summed E-state index contributed by atoms with van der Waals surface area (Å²) in [7, 11) is 0. The molecule has 0 radical (unpaired) electrons. The van der Waals surface area contributed by atoms with Crippen LogP contribution in [-0.4, -0.2) is 17.1 Å². The molecule has 0 amide bonds. The molecule has 0 spiro atoms. The zero-order valence-corrected chi connectivity index (χ0v) is 13.0. The standard InChI is InChI=1S/C16H22N2O3/c1-5-6-9-21-16(20)12(4)18-14(11(2)3)8-7-13(10-17)15(18)19/h7-8,11-12H,5-6,9H2,1-4H3. The van der Waals surface area contributed by atoms with Gasteiger partial charge in [-0.25, -0.2) is 4.79 Å². The van der Waals surface area contributed by atoms with Gasteiger partial charge >= 0.3 is 5.97 Å². The van der Waals surface area contributed by atoms with Crippen LogP contribution in [-0.2, 0) is 9.53 Å². The first-order valence-corrected chi connectivity index (χ1v) is 7.26. The first kappa shape index (κ1) is 17.0. The molecule has 0 saturated heterocycles. The Labute approximate surface area is 125 Å². The predicted octanol–water partition coefficient (Wildman–Crippen LogP) is 2.75. The highest BCUT2D eigenvalue weighted by Crippen LogP contribution is 2.18. The summed E-state index contributed by atoms with van der Waals surface area (Å²) in [6.07, 6.45) is 1.73. The van der Waals surface area contributed by atoms with Gasteiger partial charge in [0.05, 0.1) is 6.61 Å². The molecule has 0 aliphatic rings. The number of pyridine rings is 1. The Hall–Kier alpha value is -2.09. The molecule has 0 N–H and O–H groups in total. The van der Waals surface area contributed by atoms with Crippen LogP contribution in [0.1, 0.15) is 63.8 Å².